The number of rotatable bonds is 2. The van der Waals surface area contributed by atoms with Gasteiger partial charge in [0, 0.05) is 18.5 Å². The average Bonchev–Trinajstić information content (AvgIpc) is 2.64. The van der Waals surface area contributed by atoms with Crippen molar-refractivity contribution in [2.75, 3.05) is 19.7 Å². The van der Waals surface area contributed by atoms with E-state index >= 15 is 0 Å². The Morgan fingerprint density at radius 1 is 1.81 bits per heavy atom. The Balaban J connectivity index is 1.77. The molecule has 2 atom stereocenters. The van der Waals surface area contributed by atoms with E-state index in [0.29, 0.717) is 23.2 Å². The minimum Gasteiger partial charge on any atom is -0.396 e. The van der Waals surface area contributed by atoms with Crippen molar-refractivity contribution in [2.45, 2.75) is 6.42 Å². The highest BCUT2D eigenvalue weighted by molar-refractivity contribution is 6.33. The third kappa shape index (κ3) is 1.28. The molecule has 1 amide bonds. The number of nitrogens with one attached hydrogen (secondary N) is 1. The van der Waals surface area contributed by atoms with Gasteiger partial charge in [-0.05, 0) is 12.3 Å². The molecule has 2 fully saturated rings. The summed E-state index contributed by atoms with van der Waals surface area (Å²) in [7, 11) is 0. The molecule has 1 aromatic heterocycles. The molecule has 0 spiro atoms. The summed E-state index contributed by atoms with van der Waals surface area (Å²) < 4.78 is 0. The average molecular weight is 242 g/mol. The maximum Gasteiger partial charge on any atom is 0.273 e. The summed E-state index contributed by atoms with van der Waals surface area (Å²) in [6.07, 6.45) is 2.46. The normalized spacial score (nSPS) is 31.6. The number of aliphatic hydroxyl groups excluding tert-OH is 1. The summed E-state index contributed by atoms with van der Waals surface area (Å²) in [6, 6.07) is 0. The van der Waals surface area contributed by atoms with E-state index in [1.54, 1.807) is 4.90 Å². The molecule has 0 unspecified atom stereocenters. The zero-order valence-corrected chi connectivity index (χ0v) is 9.37. The Bertz CT molecular complexity index is 443. The quantitative estimate of drug-likeness (QED) is 0.793. The van der Waals surface area contributed by atoms with Gasteiger partial charge in [0.2, 0.25) is 0 Å². The monoisotopic (exact) mass is 241 g/mol. The molecule has 2 aliphatic rings. The Kier molecular flexibility index (Phi) is 2.03. The Morgan fingerprint density at radius 3 is 3.19 bits per heavy atom. The van der Waals surface area contributed by atoms with Crippen molar-refractivity contribution in [3.63, 3.8) is 0 Å². The number of hydrogen-bond acceptors (Lipinski definition) is 3. The maximum absolute atomic E-state index is 12.0. The van der Waals surface area contributed by atoms with Crippen LogP contribution in [-0.2, 0) is 0 Å². The summed E-state index contributed by atoms with van der Waals surface area (Å²) >= 11 is 5.84. The lowest BCUT2D eigenvalue weighted by molar-refractivity contribution is 0.0746. The number of H-pyrrole nitrogens is 1. The molecule has 86 valence electrons. The first-order valence-electron chi connectivity index (χ1n) is 5.25. The van der Waals surface area contributed by atoms with Crippen LogP contribution in [0.3, 0.4) is 0 Å². The number of nitrogens with zero attached hydrogens (tertiary/aromatic N) is 2. The number of likely N-dealkylation sites (tertiary alicyclic amines) is 1. The van der Waals surface area contributed by atoms with Gasteiger partial charge in [-0.15, -0.1) is 0 Å². The van der Waals surface area contributed by atoms with Crippen LogP contribution in [-0.4, -0.2) is 45.8 Å². The van der Waals surface area contributed by atoms with Crippen LogP contribution in [0.25, 0.3) is 0 Å². The fraction of sp³-hybridized carbons (Fsp3) is 0.600. The first kappa shape index (κ1) is 10.1. The number of piperidine rings is 1. The van der Waals surface area contributed by atoms with Crippen LogP contribution in [0.15, 0.2) is 6.20 Å². The van der Waals surface area contributed by atoms with Crippen molar-refractivity contribution in [2.24, 2.45) is 11.3 Å². The molecule has 3 rings (SSSR count). The molecule has 1 saturated heterocycles. The predicted molar refractivity (Wildman–Crippen MR) is 57.1 cm³/mol. The molecule has 1 aliphatic carbocycles. The second kappa shape index (κ2) is 3.21. The Hall–Kier alpha value is -1.07. The zero-order valence-electron chi connectivity index (χ0n) is 8.61. The first-order chi connectivity index (χ1) is 7.66. The molecule has 6 heteroatoms. The van der Waals surface area contributed by atoms with Gasteiger partial charge in [0.1, 0.15) is 5.69 Å². The lowest BCUT2D eigenvalue weighted by atomic mass is 10.1. The van der Waals surface area contributed by atoms with E-state index in [0.717, 1.165) is 13.0 Å². The number of fused-ring (bicyclic) bond motifs is 1. The van der Waals surface area contributed by atoms with E-state index in [2.05, 4.69) is 10.2 Å². The second-order valence-electron chi connectivity index (χ2n) is 4.70. The molecule has 1 saturated carbocycles. The molecule has 5 nitrogen and oxygen atoms in total. The molecule has 0 radical (unpaired) electrons. The predicted octanol–water partition coefficient (Wildman–Crippen LogP) is 0.518. The van der Waals surface area contributed by atoms with Crippen LogP contribution in [0.4, 0.5) is 0 Å². The standard InChI is InChI=1S/C10H12ClN3O2/c11-7-2-12-13-8(7)9(16)14-3-6-1-10(6,4-14)5-15/h2,6,15H,1,3-5H2,(H,12,13)/t6-,10+/m1/s1. The van der Waals surface area contributed by atoms with Gasteiger partial charge in [0.25, 0.3) is 5.91 Å². The number of aliphatic hydroxyl groups is 1. The van der Waals surface area contributed by atoms with Crippen molar-refractivity contribution >= 4 is 17.5 Å². The number of aromatic nitrogens is 2. The SMILES string of the molecule is O=C(c1[nH]ncc1Cl)N1C[C@H]2C[C@@]2(CO)C1. The molecule has 16 heavy (non-hydrogen) atoms. The first-order valence-corrected chi connectivity index (χ1v) is 5.63. The van der Waals surface area contributed by atoms with E-state index in [9.17, 15) is 9.90 Å². The number of carbonyl (C=O) groups is 1. The van der Waals surface area contributed by atoms with Crippen LogP contribution in [0.2, 0.25) is 5.02 Å². The minimum absolute atomic E-state index is 0.0256. The molecule has 1 aromatic rings. The van der Waals surface area contributed by atoms with Crippen molar-refractivity contribution in [3.8, 4) is 0 Å². The Morgan fingerprint density at radius 2 is 2.62 bits per heavy atom. The number of hydrogen-bond donors (Lipinski definition) is 2. The fourth-order valence-electron chi connectivity index (χ4n) is 2.57. The van der Waals surface area contributed by atoms with E-state index in [1.165, 1.54) is 6.20 Å². The lowest BCUT2D eigenvalue weighted by Gasteiger charge is -2.19. The fourth-order valence-corrected chi connectivity index (χ4v) is 2.74. The van der Waals surface area contributed by atoms with Crippen molar-refractivity contribution < 1.29 is 9.90 Å². The molecular weight excluding hydrogens is 230 g/mol. The third-order valence-electron chi connectivity index (χ3n) is 3.71. The van der Waals surface area contributed by atoms with Crippen LogP contribution >= 0.6 is 11.6 Å². The van der Waals surface area contributed by atoms with Crippen molar-refractivity contribution in [3.05, 3.63) is 16.9 Å². The van der Waals surface area contributed by atoms with E-state index in [1.807, 2.05) is 0 Å². The molecule has 1 aliphatic heterocycles. The van der Waals surface area contributed by atoms with Crippen LogP contribution in [0.1, 0.15) is 16.9 Å². The number of carbonyl (C=O) groups excluding carboxylic acids is 1. The van der Waals surface area contributed by atoms with Gasteiger partial charge in [-0.1, -0.05) is 11.6 Å². The maximum atomic E-state index is 12.0. The minimum atomic E-state index is -0.123. The van der Waals surface area contributed by atoms with E-state index in [-0.39, 0.29) is 17.9 Å². The summed E-state index contributed by atoms with van der Waals surface area (Å²) in [5, 5.41) is 16.0. The van der Waals surface area contributed by atoms with Crippen LogP contribution in [0.5, 0.6) is 0 Å². The van der Waals surface area contributed by atoms with Gasteiger partial charge in [-0.25, -0.2) is 0 Å². The Labute approximate surface area is 97.4 Å². The highest BCUT2D eigenvalue weighted by atomic mass is 35.5. The van der Waals surface area contributed by atoms with Crippen molar-refractivity contribution in [1.82, 2.24) is 15.1 Å². The zero-order chi connectivity index (χ0) is 11.3. The van der Waals surface area contributed by atoms with Gasteiger partial charge < -0.3 is 10.0 Å². The molecule has 0 aromatic carbocycles. The largest absolute Gasteiger partial charge is 0.396 e. The van der Waals surface area contributed by atoms with E-state index < -0.39 is 0 Å². The molecular formula is C10H12ClN3O2. The summed E-state index contributed by atoms with van der Waals surface area (Å²) in [6.45, 7) is 1.51. The van der Waals surface area contributed by atoms with Gasteiger partial charge in [-0.2, -0.15) is 5.10 Å². The van der Waals surface area contributed by atoms with Crippen LogP contribution in [0, 0.1) is 11.3 Å². The van der Waals surface area contributed by atoms with Gasteiger partial charge in [0.15, 0.2) is 0 Å². The van der Waals surface area contributed by atoms with Gasteiger partial charge >= 0.3 is 0 Å². The second-order valence-corrected chi connectivity index (χ2v) is 5.11. The number of amides is 1. The number of halogens is 1. The summed E-state index contributed by atoms with van der Waals surface area (Å²) in [5.74, 6) is 0.339. The molecule has 2 N–H and O–H groups in total. The summed E-state index contributed by atoms with van der Waals surface area (Å²) in [4.78, 5) is 13.8. The highest BCUT2D eigenvalue weighted by Crippen LogP contribution is 2.57. The topological polar surface area (TPSA) is 69.2 Å². The smallest absolute Gasteiger partial charge is 0.273 e. The molecule has 2 heterocycles. The molecule has 0 bridgehead atoms. The third-order valence-corrected chi connectivity index (χ3v) is 4.00. The van der Waals surface area contributed by atoms with Gasteiger partial charge in [-0.3, -0.25) is 9.89 Å². The summed E-state index contributed by atoms with van der Waals surface area (Å²) in [5.41, 5.74) is 0.318. The van der Waals surface area contributed by atoms with E-state index in [4.69, 9.17) is 11.6 Å². The number of aromatic amines is 1. The van der Waals surface area contributed by atoms with Crippen molar-refractivity contribution in [1.29, 1.82) is 0 Å². The lowest BCUT2D eigenvalue weighted by Crippen LogP contribution is -2.33. The highest BCUT2D eigenvalue weighted by Gasteiger charge is 2.60. The van der Waals surface area contributed by atoms with Crippen LogP contribution < -0.4 is 0 Å². The van der Waals surface area contributed by atoms with Gasteiger partial charge in [0.05, 0.1) is 17.8 Å².